The Morgan fingerprint density at radius 1 is 1.22 bits per heavy atom. The molecule has 0 saturated heterocycles. The predicted octanol–water partition coefficient (Wildman–Crippen LogP) is 2.46. The van der Waals surface area contributed by atoms with E-state index in [9.17, 15) is 13.5 Å². The van der Waals surface area contributed by atoms with Crippen LogP contribution in [-0.4, -0.2) is 50.4 Å². The maximum atomic E-state index is 12.4. The summed E-state index contributed by atoms with van der Waals surface area (Å²) in [6.45, 7) is 7.31. The van der Waals surface area contributed by atoms with Crippen molar-refractivity contribution in [3.8, 4) is 0 Å². The molecule has 1 aromatic carbocycles. The quantitative estimate of drug-likeness (QED) is 0.829. The number of aliphatic hydroxyl groups is 1. The Balaban J connectivity index is 1.92. The Morgan fingerprint density at radius 3 is 2.26 bits per heavy atom. The minimum Gasteiger partial charge on any atom is -0.392 e. The van der Waals surface area contributed by atoms with Crippen molar-refractivity contribution in [3.05, 3.63) is 29.8 Å². The standard InChI is InChI=1S/C18H29NO3S/c1-18(2,3)15-7-9-16(10-8-15)23(21,22)12-11-19(4)13-17(20)14-5-6-14/h7-10,14,17,20H,5-6,11-13H2,1-4H3. The molecule has 1 atom stereocenters. The van der Waals surface area contributed by atoms with Crippen LogP contribution in [0.2, 0.25) is 0 Å². The molecule has 23 heavy (non-hydrogen) atoms. The van der Waals surface area contributed by atoms with Crippen LogP contribution in [0, 0.1) is 5.92 Å². The molecular weight excluding hydrogens is 310 g/mol. The molecule has 0 heterocycles. The first-order valence-electron chi connectivity index (χ1n) is 8.29. The molecule has 1 aliphatic carbocycles. The lowest BCUT2D eigenvalue weighted by Gasteiger charge is -2.21. The maximum Gasteiger partial charge on any atom is 0.179 e. The van der Waals surface area contributed by atoms with Crippen LogP contribution in [0.25, 0.3) is 0 Å². The highest BCUT2D eigenvalue weighted by atomic mass is 32.2. The van der Waals surface area contributed by atoms with E-state index in [1.807, 2.05) is 24.1 Å². The Bertz CT molecular complexity index is 613. The molecule has 1 unspecified atom stereocenters. The van der Waals surface area contributed by atoms with Crippen LogP contribution in [-0.2, 0) is 15.3 Å². The minimum absolute atomic E-state index is 0.0153. The number of aliphatic hydroxyl groups excluding tert-OH is 1. The maximum absolute atomic E-state index is 12.4. The first kappa shape index (κ1) is 18.4. The van der Waals surface area contributed by atoms with Gasteiger partial charge in [-0.15, -0.1) is 0 Å². The van der Waals surface area contributed by atoms with E-state index in [1.54, 1.807) is 12.1 Å². The Morgan fingerprint density at radius 2 is 1.78 bits per heavy atom. The van der Waals surface area contributed by atoms with Gasteiger partial charge in [0.25, 0.3) is 0 Å². The van der Waals surface area contributed by atoms with E-state index in [1.165, 1.54) is 0 Å². The van der Waals surface area contributed by atoms with Crippen LogP contribution >= 0.6 is 0 Å². The third-order valence-electron chi connectivity index (χ3n) is 4.49. The lowest BCUT2D eigenvalue weighted by atomic mass is 9.87. The fourth-order valence-corrected chi connectivity index (χ4v) is 3.94. The zero-order valence-electron chi connectivity index (χ0n) is 14.6. The third kappa shape index (κ3) is 5.30. The van der Waals surface area contributed by atoms with Gasteiger partial charge in [-0.2, -0.15) is 0 Å². The Hall–Kier alpha value is -0.910. The monoisotopic (exact) mass is 339 g/mol. The van der Waals surface area contributed by atoms with Gasteiger partial charge < -0.3 is 10.0 Å². The summed E-state index contributed by atoms with van der Waals surface area (Å²) in [5, 5.41) is 9.92. The molecule has 1 fully saturated rings. The van der Waals surface area contributed by atoms with Gasteiger partial charge in [-0.1, -0.05) is 32.9 Å². The van der Waals surface area contributed by atoms with E-state index in [-0.39, 0.29) is 17.3 Å². The topological polar surface area (TPSA) is 57.6 Å². The summed E-state index contributed by atoms with van der Waals surface area (Å²) in [4.78, 5) is 2.28. The highest BCUT2D eigenvalue weighted by Crippen LogP contribution is 2.32. The molecule has 0 aliphatic heterocycles. The highest BCUT2D eigenvalue weighted by molar-refractivity contribution is 7.91. The van der Waals surface area contributed by atoms with Crippen molar-refractivity contribution in [2.45, 2.75) is 50.0 Å². The van der Waals surface area contributed by atoms with Gasteiger partial charge in [0, 0.05) is 13.1 Å². The van der Waals surface area contributed by atoms with Crippen LogP contribution in [0.15, 0.2) is 29.2 Å². The van der Waals surface area contributed by atoms with Gasteiger partial charge in [0.15, 0.2) is 9.84 Å². The molecule has 2 rings (SSSR count). The minimum atomic E-state index is -3.28. The molecule has 0 radical (unpaired) electrons. The van der Waals surface area contributed by atoms with Gasteiger partial charge in [0.2, 0.25) is 0 Å². The average Bonchev–Trinajstić information content (AvgIpc) is 3.29. The molecule has 1 N–H and O–H groups in total. The lowest BCUT2D eigenvalue weighted by Crippen LogP contribution is -2.33. The first-order chi connectivity index (χ1) is 10.6. The van der Waals surface area contributed by atoms with E-state index >= 15 is 0 Å². The van der Waals surface area contributed by atoms with Crippen LogP contribution in [0.4, 0.5) is 0 Å². The summed E-state index contributed by atoms with van der Waals surface area (Å²) < 4.78 is 24.9. The third-order valence-corrected chi connectivity index (χ3v) is 6.20. The summed E-state index contributed by atoms with van der Waals surface area (Å²) in [5.74, 6) is 0.495. The van der Waals surface area contributed by atoms with E-state index in [0.29, 0.717) is 23.9 Å². The number of rotatable bonds is 7. The summed E-state index contributed by atoms with van der Waals surface area (Å²) in [7, 11) is -1.42. The van der Waals surface area contributed by atoms with Crippen molar-refractivity contribution >= 4 is 9.84 Å². The molecule has 0 amide bonds. The number of nitrogens with zero attached hydrogens (tertiary/aromatic N) is 1. The van der Waals surface area contributed by atoms with Crippen molar-refractivity contribution in [2.75, 3.05) is 25.9 Å². The second-order valence-electron chi connectivity index (χ2n) is 7.76. The van der Waals surface area contributed by atoms with Crippen molar-refractivity contribution in [3.63, 3.8) is 0 Å². The Kier molecular flexibility index (Phi) is 5.54. The molecule has 4 nitrogen and oxygen atoms in total. The van der Waals surface area contributed by atoms with Crippen LogP contribution < -0.4 is 0 Å². The molecule has 0 bridgehead atoms. The van der Waals surface area contributed by atoms with Gasteiger partial charge in [-0.3, -0.25) is 0 Å². The SMILES string of the molecule is CN(CCS(=O)(=O)c1ccc(C(C)(C)C)cc1)CC(O)C1CC1. The summed E-state index contributed by atoms with van der Waals surface area (Å²) in [5.41, 5.74) is 1.14. The number of hydrogen-bond acceptors (Lipinski definition) is 4. The van der Waals surface area contributed by atoms with E-state index in [2.05, 4.69) is 20.8 Å². The number of hydrogen-bond donors (Lipinski definition) is 1. The zero-order valence-corrected chi connectivity index (χ0v) is 15.4. The van der Waals surface area contributed by atoms with Crippen molar-refractivity contribution in [2.24, 2.45) is 5.92 Å². The van der Waals surface area contributed by atoms with Gasteiger partial charge >= 0.3 is 0 Å². The molecule has 0 spiro atoms. The molecule has 0 aromatic heterocycles. The number of likely N-dealkylation sites (N-methyl/N-ethyl adjacent to an activating group) is 1. The van der Waals surface area contributed by atoms with Crippen LogP contribution in [0.1, 0.15) is 39.2 Å². The van der Waals surface area contributed by atoms with Gasteiger partial charge in [-0.25, -0.2) is 8.42 Å². The largest absolute Gasteiger partial charge is 0.392 e. The molecule has 130 valence electrons. The Labute approximate surface area is 140 Å². The number of sulfone groups is 1. The molecule has 1 aliphatic rings. The second-order valence-corrected chi connectivity index (χ2v) is 9.87. The van der Waals surface area contributed by atoms with Gasteiger partial charge in [0.1, 0.15) is 0 Å². The fourth-order valence-electron chi connectivity index (χ4n) is 2.60. The first-order valence-corrected chi connectivity index (χ1v) is 9.95. The average molecular weight is 340 g/mol. The molecule has 1 aromatic rings. The normalized spacial score (nSPS) is 17.5. The predicted molar refractivity (Wildman–Crippen MR) is 93.4 cm³/mol. The summed E-state index contributed by atoms with van der Waals surface area (Å²) in [6.07, 6.45) is 1.86. The molecular formula is C18H29NO3S. The van der Waals surface area contributed by atoms with Crippen LogP contribution in [0.5, 0.6) is 0 Å². The van der Waals surface area contributed by atoms with E-state index < -0.39 is 9.84 Å². The van der Waals surface area contributed by atoms with Crippen molar-refractivity contribution in [1.82, 2.24) is 4.90 Å². The zero-order chi connectivity index (χ0) is 17.3. The van der Waals surface area contributed by atoms with Crippen molar-refractivity contribution in [1.29, 1.82) is 0 Å². The lowest BCUT2D eigenvalue weighted by molar-refractivity contribution is 0.109. The van der Waals surface area contributed by atoms with Gasteiger partial charge in [0.05, 0.1) is 16.8 Å². The number of benzene rings is 1. The highest BCUT2D eigenvalue weighted by Gasteiger charge is 2.30. The fraction of sp³-hybridized carbons (Fsp3) is 0.667. The van der Waals surface area contributed by atoms with Crippen LogP contribution in [0.3, 0.4) is 0 Å². The van der Waals surface area contributed by atoms with Gasteiger partial charge in [-0.05, 0) is 48.9 Å². The molecule has 5 heteroatoms. The van der Waals surface area contributed by atoms with E-state index in [4.69, 9.17) is 0 Å². The van der Waals surface area contributed by atoms with E-state index in [0.717, 1.165) is 18.4 Å². The van der Waals surface area contributed by atoms with Crippen molar-refractivity contribution < 1.29 is 13.5 Å². The smallest absolute Gasteiger partial charge is 0.179 e. The molecule has 1 saturated carbocycles. The second kappa shape index (κ2) is 6.91. The summed E-state index contributed by atoms with van der Waals surface area (Å²) >= 11 is 0. The summed E-state index contributed by atoms with van der Waals surface area (Å²) in [6, 6.07) is 7.20.